The summed E-state index contributed by atoms with van der Waals surface area (Å²) in [5.41, 5.74) is 2.03. The first-order chi connectivity index (χ1) is 10.1. The van der Waals surface area contributed by atoms with Gasteiger partial charge >= 0.3 is 5.69 Å². The maximum Gasteiger partial charge on any atom is 0.311 e. The number of nitro groups is 1. The maximum atomic E-state index is 11.0. The Morgan fingerprint density at radius 1 is 1.19 bits per heavy atom. The second-order valence-electron chi connectivity index (χ2n) is 4.75. The molecule has 110 valence electrons. The summed E-state index contributed by atoms with van der Waals surface area (Å²) in [5.74, 6) is 0.850. The average molecular weight is 286 g/mol. The fraction of sp³-hybridized carbons (Fsp3) is 0.250. The second-order valence-corrected chi connectivity index (χ2v) is 4.75. The Morgan fingerprint density at radius 2 is 1.90 bits per heavy atom. The van der Waals surface area contributed by atoms with E-state index in [9.17, 15) is 10.1 Å². The van der Waals surface area contributed by atoms with Gasteiger partial charge in [-0.15, -0.1) is 0 Å². The van der Waals surface area contributed by atoms with Crippen molar-refractivity contribution in [1.29, 1.82) is 0 Å². The molecule has 0 amide bonds. The first kappa shape index (κ1) is 15.0. The Bertz CT molecular complexity index is 624. The van der Waals surface area contributed by atoms with Crippen LogP contribution in [0.25, 0.3) is 0 Å². The first-order valence-electron chi connectivity index (χ1n) is 6.82. The van der Waals surface area contributed by atoms with Gasteiger partial charge < -0.3 is 10.1 Å². The number of nitro benzene ring substituents is 1. The molecular weight excluding hydrogens is 268 g/mol. The second kappa shape index (κ2) is 6.85. The molecule has 0 atom stereocenters. The summed E-state index contributed by atoms with van der Waals surface area (Å²) in [5, 5.41) is 14.2. The van der Waals surface area contributed by atoms with E-state index in [-0.39, 0.29) is 11.4 Å². The highest BCUT2D eigenvalue weighted by Crippen LogP contribution is 2.32. The standard InChI is InChI=1S/C16H18N2O3/c1-3-17-11-13-5-7-14(8-6-13)21-16-10-12(2)4-9-15(16)18(19)20/h4-10,17H,3,11H2,1-2H3. The van der Waals surface area contributed by atoms with Gasteiger partial charge in [-0.1, -0.05) is 25.1 Å². The van der Waals surface area contributed by atoms with Gasteiger partial charge in [0.15, 0.2) is 0 Å². The van der Waals surface area contributed by atoms with Crippen LogP contribution < -0.4 is 10.1 Å². The van der Waals surface area contributed by atoms with Crippen molar-refractivity contribution in [3.05, 3.63) is 63.7 Å². The summed E-state index contributed by atoms with van der Waals surface area (Å²) in [6.07, 6.45) is 0. The van der Waals surface area contributed by atoms with Crippen LogP contribution in [0.3, 0.4) is 0 Å². The average Bonchev–Trinajstić information content (AvgIpc) is 2.46. The molecular formula is C16H18N2O3. The van der Waals surface area contributed by atoms with Crippen molar-refractivity contribution in [1.82, 2.24) is 5.32 Å². The van der Waals surface area contributed by atoms with Gasteiger partial charge in [0.2, 0.25) is 5.75 Å². The summed E-state index contributed by atoms with van der Waals surface area (Å²) < 4.78 is 5.65. The van der Waals surface area contributed by atoms with Crippen LogP contribution in [0.1, 0.15) is 18.1 Å². The van der Waals surface area contributed by atoms with Gasteiger partial charge in [0.25, 0.3) is 0 Å². The highest BCUT2D eigenvalue weighted by molar-refractivity contribution is 5.50. The monoisotopic (exact) mass is 286 g/mol. The zero-order valence-corrected chi connectivity index (χ0v) is 12.1. The summed E-state index contributed by atoms with van der Waals surface area (Å²) in [6.45, 7) is 5.62. The molecule has 0 aliphatic heterocycles. The van der Waals surface area contributed by atoms with Gasteiger partial charge in [-0.25, -0.2) is 0 Å². The van der Waals surface area contributed by atoms with Crippen molar-refractivity contribution < 1.29 is 9.66 Å². The Morgan fingerprint density at radius 3 is 2.52 bits per heavy atom. The van der Waals surface area contributed by atoms with Crippen molar-refractivity contribution in [3.8, 4) is 11.5 Å². The molecule has 1 N–H and O–H groups in total. The number of hydrogen-bond donors (Lipinski definition) is 1. The van der Waals surface area contributed by atoms with Crippen LogP contribution in [-0.2, 0) is 6.54 Å². The van der Waals surface area contributed by atoms with Crippen LogP contribution in [0, 0.1) is 17.0 Å². The number of benzene rings is 2. The van der Waals surface area contributed by atoms with Crippen LogP contribution in [0.2, 0.25) is 0 Å². The van der Waals surface area contributed by atoms with Crippen molar-refractivity contribution in [2.45, 2.75) is 20.4 Å². The van der Waals surface area contributed by atoms with Crippen LogP contribution >= 0.6 is 0 Å². The predicted molar refractivity (Wildman–Crippen MR) is 81.7 cm³/mol. The highest BCUT2D eigenvalue weighted by atomic mass is 16.6. The van der Waals surface area contributed by atoms with E-state index in [1.165, 1.54) is 6.07 Å². The maximum absolute atomic E-state index is 11.0. The van der Waals surface area contributed by atoms with E-state index >= 15 is 0 Å². The Kier molecular flexibility index (Phi) is 4.90. The number of nitrogens with one attached hydrogen (secondary N) is 1. The third kappa shape index (κ3) is 4.03. The van der Waals surface area contributed by atoms with E-state index in [1.54, 1.807) is 12.1 Å². The predicted octanol–water partition coefficient (Wildman–Crippen LogP) is 3.81. The van der Waals surface area contributed by atoms with E-state index in [0.717, 1.165) is 24.2 Å². The number of aryl methyl sites for hydroxylation is 1. The fourth-order valence-electron chi connectivity index (χ4n) is 1.93. The smallest absolute Gasteiger partial charge is 0.311 e. The van der Waals surface area contributed by atoms with E-state index in [2.05, 4.69) is 5.32 Å². The molecule has 0 saturated heterocycles. The van der Waals surface area contributed by atoms with Gasteiger partial charge in [0.1, 0.15) is 5.75 Å². The molecule has 0 aliphatic carbocycles. The van der Waals surface area contributed by atoms with Gasteiger partial charge in [-0.3, -0.25) is 10.1 Å². The normalized spacial score (nSPS) is 10.4. The molecule has 0 aromatic heterocycles. The Balaban J connectivity index is 2.18. The van der Waals surface area contributed by atoms with Crippen LogP contribution in [0.15, 0.2) is 42.5 Å². The van der Waals surface area contributed by atoms with Crippen LogP contribution in [0.5, 0.6) is 11.5 Å². The fourth-order valence-corrected chi connectivity index (χ4v) is 1.93. The minimum Gasteiger partial charge on any atom is -0.450 e. The van der Waals surface area contributed by atoms with Crippen molar-refractivity contribution in [2.24, 2.45) is 0 Å². The van der Waals surface area contributed by atoms with Gasteiger partial charge in [0, 0.05) is 12.6 Å². The lowest BCUT2D eigenvalue weighted by Crippen LogP contribution is -2.11. The molecule has 0 fully saturated rings. The zero-order valence-electron chi connectivity index (χ0n) is 12.1. The van der Waals surface area contributed by atoms with Crippen molar-refractivity contribution in [2.75, 3.05) is 6.54 Å². The summed E-state index contributed by atoms with van der Waals surface area (Å²) in [6, 6.07) is 12.4. The SMILES string of the molecule is CCNCc1ccc(Oc2cc(C)ccc2[N+](=O)[O-])cc1. The largest absolute Gasteiger partial charge is 0.450 e. The Labute approximate surface area is 123 Å². The Hall–Kier alpha value is -2.40. The zero-order chi connectivity index (χ0) is 15.2. The van der Waals surface area contributed by atoms with E-state index in [4.69, 9.17) is 4.74 Å². The number of nitrogens with zero attached hydrogens (tertiary/aromatic N) is 1. The lowest BCUT2D eigenvalue weighted by molar-refractivity contribution is -0.385. The number of hydrogen-bond acceptors (Lipinski definition) is 4. The molecule has 0 saturated carbocycles. The molecule has 21 heavy (non-hydrogen) atoms. The van der Waals surface area contributed by atoms with Crippen molar-refractivity contribution in [3.63, 3.8) is 0 Å². The van der Waals surface area contributed by atoms with Gasteiger partial charge in [0.05, 0.1) is 4.92 Å². The summed E-state index contributed by atoms with van der Waals surface area (Å²) in [7, 11) is 0. The molecule has 0 unspecified atom stereocenters. The van der Waals surface area contributed by atoms with Gasteiger partial charge in [-0.05, 0) is 42.8 Å². The minimum absolute atomic E-state index is 0.0303. The third-order valence-corrected chi connectivity index (χ3v) is 3.04. The first-order valence-corrected chi connectivity index (χ1v) is 6.82. The lowest BCUT2D eigenvalue weighted by atomic mass is 10.2. The molecule has 2 rings (SSSR count). The van der Waals surface area contributed by atoms with Crippen LogP contribution in [-0.4, -0.2) is 11.5 Å². The molecule has 0 aliphatic rings. The summed E-state index contributed by atoms with van der Waals surface area (Å²) in [4.78, 5) is 10.6. The molecule has 5 nitrogen and oxygen atoms in total. The van der Waals surface area contributed by atoms with E-state index in [0.29, 0.717) is 5.75 Å². The van der Waals surface area contributed by atoms with E-state index < -0.39 is 4.92 Å². The molecule has 2 aromatic rings. The third-order valence-electron chi connectivity index (χ3n) is 3.04. The molecule has 0 spiro atoms. The highest BCUT2D eigenvalue weighted by Gasteiger charge is 2.15. The number of ether oxygens (including phenoxy) is 1. The van der Waals surface area contributed by atoms with Crippen LogP contribution in [0.4, 0.5) is 5.69 Å². The molecule has 0 heterocycles. The van der Waals surface area contributed by atoms with Gasteiger partial charge in [-0.2, -0.15) is 0 Å². The molecule has 0 radical (unpaired) electrons. The topological polar surface area (TPSA) is 64.4 Å². The van der Waals surface area contributed by atoms with E-state index in [1.807, 2.05) is 38.1 Å². The molecule has 5 heteroatoms. The number of rotatable bonds is 6. The van der Waals surface area contributed by atoms with Crippen molar-refractivity contribution >= 4 is 5.69 Å². The quantitative estimate of drug-likeness (QED) is 0.648. The minimum atomic E-state index is -0.436. The molecule has 2 aromatic carbocycles. The lowest BCUT2D eigenvalue weighted by Gasteiger charge is -2.08. The molecule has 0 bridgehead atoms. The summed E-state index contributed by atoms with van der Waals surface area (Å²) >= 11 is 0.